The zero-order chi connectivity index (χ0) is 30.2. The predicted molar refractivity (Wildman–Crippen MR) is 166 cm³/mol. The molecule has 2 aromatic carbocycles. The van der Waals surface area contributed by atoms with Crippen LogP contribution in [0.1, 0.15) is 67.2 Å². The van der Waals surface area contributed by atoms with E-state index >= 15 is 0 Å². The molecule has 0 bridgehead atoms. The number of rotatable bonds is 12. The number of nitrogens with one attached hydrogen (secondary N) is 1. The van der Waals surface area contributed by atoms with Gasteiger partial charge in [0.15, 0.2) is 12.1 Å². The lowest BCUT2D eigenvalue weighted by atomic mass is 9.96. The second-order valence-electron chi connectivity index (χ2n) is 10.3. The molecular weight excluding hydrogens is 530 g/mol. The molecule has 224 valence electrons. The molecule has 9 nitrogen and oxygen atoms in total. The van der Waals surface area contributed by atoms with Crippen LogP contribution in [0.2, 0.25) is 0 Å². The molecule has 1 saturated heterocycles. The average molecular weight is 574 g/mol. The number of carbonyl (C=O) groups excluding carboxylic acids is 2. The molecule has 0 unspecified atom stereocenters. The lowest BCUT2D eigenvalue weighted by Crippen LogP contribution is -2.24. The molecule has 0 saturated carbocycles. The predicted octanol–water partition coefficient (Wildman–Crippen LogP) is 5.12. The molecule has 1 aliphatic heterocycles. The summed E-state index contributed by atoms with van der Waals surface area (Å²) in [4.78, 5) is 38.4. The number of amidine groups is 1. The first kappa shape index (κ1) is 32.4. The molecule has 3 aromatic rings. The minimum atomic E-state index is -0.0490. The van der Waals surface area contributed by atoms with Crippen molar-refractivity contribution in [1.29, 1.82) is 0 Å². The number of nitrogens with zero attached hydrogens (tertiary/aromatic N) is 4. The Morgan fingerprint density at radius 2 is 1.79 bits per heavy atom. The van der Waals surface area contributed by atoms with Crippen molar-refractivity contribution in [3.8, 4) is 17.0 Å². The van der Waals surface area contributed by atoms with Crippen molar-refractivity contribution in [2.45, 2.75) is 58.8 Å². The fourth-order valence-electron chi connectivity index (χ4n) is 4.89. The number of benzene rings is 2. The molecule has 42 heavy (non-hydrogen) atoms. The first-order valence-corrected chi connectivity index (χ1v) is 14.6. The van der Waals surface area contributed by atoms with Gasteiger partial charge in [0, 0.05) is 17.5 Å². The van der Waals surface area contributed by atoms with Gasteiger partial charge < -0.3 is 19.8 Å². The average Bonchev–Trinajstić information content (AvgIpc) is 3.01. The molecule has 2 heterocycles. The van der Waals surface area contributed by atoms with Gasteiger partial charge in [-0.15, -0.1) is 0 Å². The van der Waals surface area contributed by atoms with Gasteiger partial charge in [-0.2, -0.15) is 4.98 Å². The molecule has 0 spiro atoms. The van der Waals surface area contributed by atoms with E-state index in [1.807, 2.05) is 55.5 Å². The molecule has 1 N–H and O–H groups in total. The van der Waals surface area contributed by atoms with E-state index in [1.165, 1.54) is 39.5 Å². The summed E-state index contributed by atoms with van der Waals surface area (Å²) in [5.74, 6) is 1.42. The number of hydrogen-bond donors (Lipinski definition) is 1. The quantitative estimate of drug-likeness (QED) is 0.139. The van der Waals surface area contributed by atoms with Crippen molar-refractivity contribution in [1.82, 2.24) is 20.2 Å². The van der Waals surface area contributed by atoms with Crippen LogP contribution in [0, 0.1) is 6.92 Å². The van der Waals surface area contributed by atoms with Gasteiger partial charge in [-0.1, -0.05) is 73.5 Å². The van der Waals surface area contributed by atoms with Crippen LogP contribution in [0.3, 0.4) is 0 Å². The topological polar surface area (TPSA) is 106 Å². The first-order valence-electron chi connectivity index (χ1n) is 14.6. The first-order chi connectivity index (χ1) is 20.5. The van der Waals surface area contributed by atoms with Crippen molar-refractivity contribution < 1.29 is 19.2 Å². The minimum absolute atomic E-state index is 0.0490. The van der Waals surface area contributed by atoms with E-state index in [9.17, 15) is 9.59 Å². The third-order valence-electron chi connectivity index (χ3n) is 7.01. The highest BCUT2D eigenvalue weighted by Crippen LogP contribution is 2.28. The zero-order valence-electron chi connectivity index (χ0n) is 25.3. The van der Waals surface area contributed by atoms with Crippen molar-refractivity contribution in [2.24, 2.45) is 5.16 Å². The highest BCUT2D eigenvalue weighted by atomic mass is 16.6. The largest absolute Gasteiger partial charge is 0.470 e. The maximum atomic E-state index is 11.0. The second-order valence-corrected chi connectivity index (χ2v) is 10.3. The van der Waals surface area contributed by atoms with Gasteiger partial charge in [0.05, 0.1) is 5.69 Å². The van der Waals surface area contributed by atoms with Gasteiger partial charge in [-0.25, -0.2) is 4.98 Å². The third kappa shape index (κ3) is 9.76. The lowest BCUT2D eigenvalue weighted by molar-refractivity contribution is -0.110. The van der Waals surface area contributed by atoms with Gasteiger partial charge in [-0.05, 0) is 69.4 Å². The van der Waals surface area contributed by atoms with E-state index in [2.05, 4.69) is 39.3 Å². The Kier molecular flexibility index (Phi) is 13.6. The smallest absolute Gasteiger partial charge is 0.220 e. The second kappa shape index (κ2) is 17.6. The molecule has 1 amide bonds. The van der Waals surface area contributed by atoms with Crippen LogP contribution >= 0.6 is 0 Å². The number of aryl methyl sites for hydroxylation is 2. The number of hydrogen-bond acceptors (Lipinski definition) is 8. The summed E-state index contributed by atoms with van der Waals surface area (Å²) in [6.07, 6.45) is 9.03. The number of likely N-dealkylation sites (tertiary alicyclic amines) is 1. The Balaban J connectivity index is 0.000000603. The third-order valence-corrected chi connectivity index (χ3v) is 7.01. The Bertz CT molecular complexity index is 1300. The fourth-order valence-corrected chi connectivity index (χ4v) is 4.89. The standard InChI is InChI=1S/C27H30N4O4.C6H13N/c1-4-5-10-25-24(27(35-16-15-32)30-19(2)29-25)17-20-11-13-21(14-12-20)22-8-6-7-9-23(22)26(28-18-33)31-34-3;1-7-5-3-2-4-6-7/h6-9,11-15,18H,4-5,10,16-17H2,1-3H3,(H,28,31,33);2-6H2,1H3. The summed E-state index contributed by atoms with van der Waals surface area (Å²) < 4.78 is 5.66. The van der Waals surface area contributed by atoms with E-state index in [0.717, 1.165) is 59.1 Å². The summed E-state index contributed by atoms with van der Waals surface area (Å²) in [7, 11) is 3.62. The van der Waals surface area contributed by atoms with E-state index in [0.29, 0.717) is 30.4 Å². The molecule has 4 rings (SSSR count). The number of amides is 1. The molecule has 0 aliphatic carbocycles. The molecule has 0 atom stereocenters. The van der Waals surface area contributed by atoms with E-state index in [1.54, 1.807) is 0 Å². The van der Waals surface area contributed by atoms with Crippen LogP contribution in [0.25, 0.3) is 11.1 Å². The van der Waals surface area contributed by atoms with Crippen LogP contribution in [0.5, 0.6) is 5.88 Å². The molecule has 1 fully saturated rings. The highest BCUT2D eigenvalue weighted by molar-refractivity contribution is 6.08. The number of aromatic nitrogens is 2. The maximum Gasteiger partial charge on any atom is 0.220 e. The summed E-state index contributed by atoms with van der Waals surface area (Å²) in [6, 6.07) is 15.8. The molecule has 0 radical (unpaired) electrons. The van der Waals surface area contributed by atoms with Gasteiger partial charge >= 0.3 is 0 Å². The fraction of sp³-hybridized carbons (Fsp3) is 0.424. The molecule has 1 aromatic heterocycles. The lowest BCUT2D eigenvalue weighted by Gasteiger charge is -2.20. The highest BCUT2D eigenvalue weighted by Gasteiger charge is 2.16. The number of unbranched alkanes of at least 4 members (excludes halogenated alkanes) is 1. The van der Waals surface area contributed by atoms with Gasteiger partial charge in [0.2, 0.25) is 12.3 Å². The Morgan fingerprint density at radius 1 is 1.05 bits per heavy atom. The van der Waals surface area contributed by atoms with E-state index in [-0.39, 0.29) is 6.61 Å². The SMILES string of the molecule is CCCCc1nc(C)nc(OCC=O)c1Cc1ccc(-c2ccccc2/C(=N/OC)NC=O)cc1.CN1CCCCC1. The molecular formula is C33H43N5O4. The van der Waals surface area contributed by atoms with Gasteiger partial charge in [0.25, 0.3) is 0 Å². The zero-order valence-corrected chi connectivity index (χ0v) is 25.3. The summed E-state index contributed by atoms with van der Waals surface area (Å²) in [6.45, 7) is 6.56. The van der Waals surface area contributed by atoms with Crippen LogP contribution in [0.4, 0.5) is 0 Å². The summed E-state index contributed by atoms with van der Waals surface area (Å²) in [5.41, 5.74) is 5.53. The van der Waals surface area contributed by atoms with Gasteiger partial charge in [-0.3, -0.25) is 9.59 Å². The van der Waals surface area contributed by atoms with Crippen LogP contribution in [-0.4, -0.2) is 67.3 Å². The van der Waals surface area contributed by atoms with Gasteiger partial charge in [0.1, 0.15) is 19.5 Å². The number of piperidine rings is 1. The molecule has 9 heteroatoms. The van der Waals surface area contributed by atoms with Crippen molar-refractivity contribution in [3.63, 3.8) is 0 Å². The van der Waals surface area contributed by atoms with Crippen molar-refractivity contribution in [2.75, 3.05) is 33.9 Å². The maximum absolute atomic E-state index is 11.0. The minimum Gasteiger partial charge on any atom is -0.470 e. The number of aldehydes is 1. The van der Waals surface area contributed by atoms with Crippen molar-refractivity contribution in [3.05, 3.63) is 76.7 Å². The Morgan fingerprint density at radius 3 is 2.40 bits per heavy atom. The Hall–Kier alpha value is -4.11. The molecule has 1 aliphatic rings. The van der Waals surface area contributed by atoms with Crippen LogP contribution in [-0.2, 0) is 27.3 Å². The van der Waals surface area contributed by atoms with Crippen LogP contribution < -0.4 is 10.1 Å². The Labute approximate surface area is 249 Å². The summed E-state index contributed by atoms with van der Waals surface area (Å²) in [5, 5.41) is 6.54. The normalized spacial score (nSPS) is 13.5. The van der Waals surface area contributed by atoms with Crippen LogP contribution in [0.15, 0.2) is 53.7 Å². The number of ether oxygens (including phenoxy) is 1. The number of carbonyl (C=O) groups is 2. The number of oxime groups is 1. The van der Waals surface area contributed by atoms with Crippen molar-refractivity contribution >= 4 is 18.5 Å². The van der Waals surface area contributed by atoms with E-state index in [4.69, 9.17) is 9.57 Å². The summed E-state index contributed by atoms with van der Waals surface area (Å²) >= 11 is 0. The van der Waals surface area contributed by atoms with E-state index < -0.39 is 0 Å². The monoisotopic (exact) mass is 573 g/mol.